The lowest BCUT2D eigenvalue weighted by molar-refractivity contribution is 0.314. The highest BCUT2D eigenvalue weighted by Crippen LogP contribution is 2.31. The molecule has 0 aliphatic carbocycles. The molecule has 8 heteroatoms. The Morgan fingerprint density at radius 3 is 2.59 bits per heavy atom. The van der Waals surface area contributed by atoms with E-state index in [2.05, 4.69) is 37.2 Å². The maximum Gasteiger partial charge on any atom is 0.245 e. The van der Waals surface area contributed by atoms with Gasteiger partial charge in [-0.25, -0.2) is 14.6 Å². The number of nitrogens with one attached hydrogen (secondary N) is 1. The second-order valence-corrected chi connectivity index (χ2v) is 5.56. The van der Waals surface area contributed by atoms with Crippen LogP contribution in [0.15, 0.2) is 22.8 Å². The minimum Gasteiger partial charge on any atom is -0.368 e. The molecule has 0 amide bonds. The van der Waals surface area contributed by atoms with E-state index in [1.165, 1.54) is 0 Å². The number of benzene rings is 1. The third-order valence-electron chi connectivity index (χ3n) is 3.13. The van der Waals surface area contributed by atoms with Crippen LogP contribution in [0.1, 0.15) is 19.8 Å². The standard InChI is InChI=1S/C14H13Cl2N5O/c1-2-3-6-17-12-11(8-4-5-9(15)10(16)7-8)18-13-14(19-12)21-22-20-13/h4-5,7H,2-3,6H2,1H3,(H,17,19,21). The van der Waals surface area contributed by atoms with Crippen LogP contribution in [-0.2, 0) is 0 Å². The Kier molecular flexibility index (Phi) is 4.40. The van der Waals surface area contributed by atoms with Crippen molar-refractivity contribution < 1.29 is 4.63 Å². The van der Waals surface area contributed by atoms with E-state index in [1.807, 2.05) is 6.07 Å². The number of hydrogen-bond acceptors (Lipinski definition) is 6. The van der Waals surface area contributed by atoms with E-state index in [9.17, 15) is 0 Å². The summed E-state index contributed by atoms with van der Waals surface area (Å²) in [5, 5.41) is 11.7. The summed E-state index contributed by atoms with van der Waals surface area (Å²) >= 11 is 12.1. The molecule has 0 spiro atoms. The fraction of sp³-hybridized carbons (Fsp3) is 0.286. The Morgan fingerprint density at radius 1 is 1.09 bits per heavy atom. The quantitative estimate of drug-likeness (QED) is 0.703. The monoisotopic (exact) mass is 337 g/mol. The summed E-state index contributed by atoms with van der Waals surface area (Å²) in [6, 6.07) is 5.31. The van der Waals surface area contributed by atoms with E-state index in [-0.39, 0.29) is 0 Å². The van der Waals surface area contributed by atoms with E-state index < -0.39 is 0 Å². The summed E-state index contributed by atoms with van der Waals surface area (Å²) in [6.45, 7) is 2.91. The van der Waals surface area contributed by atoms with Crippen molar-refractivity contribution in [1.82, 2.24) is 20.3 Å². The van der Waals surface area contributed by atoms with Crippen molar-refractivity contribution in [3.63, 3.8) is 0 Å². The molecule has 3 rings (SSSR count). The molecule has 0 unspecified atom stereocenters. The zero-order valence-electron chi connectivity index (χ0n) is 11.8. The van der Waals surface area contributed by atoms with Crippen LogP contribution in [0.3, 0.4) is 0 Å². The molecule has 0 saturated heterocycles. The first-order valence-corrected chi connectivity index (χ1v) is 7.64. The van der Waals surface area contributed by atoms with Crippen LogP contribution in [0.25, 0.3) is 22.6 Å². The van der Waals surface area contributed by atoms with E-state index in [0.29, 0.717) is 32.9 Å². The molecule has 0 aliphatic rings. The van der Waals surface area contributed by atoms with Crippen molar-refractivity contribution in [3.8, 4) is 11.3 Å². The smallest absolute Gasteiger partial charge is 0.245 e. The molecule has 22 heavy (non-hydrogen) atoms. The second kappa shape index (κ2) is 6.46. The molecule has 0 aliphatic heterocycles. The lowest BCUT2D eigenvalue weighted by atomic mass is 10.1. The second-order valence-electron chi connectivity index (χ2n) is 4.74. The molecule has 0 saturated carbocycles. The van der Waals surface area contributed by atoms with E-state index >= 15 is 0 Å². The number of aromatic nitrogens is 4. The molecule has 0 fully saturated rings. The zero-order chi connectivity index (χ0) is 15.5. The van der Waals surface area contributed by atoms with E-state index in [0.717, 1.165) is 24.9 Å². The topological polar surface area (TPSA) is 76.7 Å². The van der Waals surface area contributed by atoms with Crippen molar-refractivity contribution in [3.05, 3.63) is 28.2 Å². The molecule has 1 N–H and O–H groups in total. The summed E-state index contributed by atoms with van der Waals surface area (Å²) in [7, 11) is 0. The number of anilines is 1. The van der Waals surface area contributed by atoms with Gasteiger partial charge in [0.25, 0.3) is 0 Å². The maximum atomic E-state index is 6.09. The van der Waals surface area contributed by atoms with Gasteiger partial charge in [-0.1, -0.05) is 42.6 Å². The summed E-state index contributed by atoms with van der Waals surface area (Å²) in [4.78, 5) is 8.88. The maximum absolute atomic E-state index is 6.09. The highest BCUT2D eigenvalue weighted by Gasteiger charge is 2.15. The van der Waals surface area contributed by atoms with Crippen LogP contribution < -0.4 is 5.32 Å². The van der Waals surface area contributed by atoms with Crippen molar-refractivity contribution in [2.75, 3.05) is 11.9 Å². The minimum atomic E-state index is 0.349. The van der Waals surface area contributed by atoms with E-state index in [1.54, 1.807) is 12.1 Å². The third kappa shape index (κ3) is 2.98. The summed E-state index contributed by atoms with van der Waals surface area (Å²) in [5.74, 6) is 0.620. The summed E-state index contributed by atoms with van der Waals surface area (Å²) in [6.07, 6.45) is 2.11. The average molecular weight is 338 g/mol. The molecular formula is C14H13Cl2N5O. The van der Waals surface area contributed by atoms with Crippen molar-refractivity contribution in [2.45, 2.75) is 19.8 Å². The van der Waals surface area contributed by atoms with Gasteiger partial charge in [-0.15, -0.1) is 0 Å². The van der Waals surface area contributed by atoms with Crippen LogP contribution in [0.2, 0.25) is 10.0 Å². The molecule has 1 aromatic carbocycles. The number of halogens is 2. The molecule has 2 aromatic heterocycles. The number of hydrogen-bond donors (Lipinski definition) is 1. The number of unbranched alkanes of at least 4 members (excludes halogenated alkanes) is 1. The predicted octanol–water partition coefficient (Wildman–Crippen LogP) is 4.20. The Balaban J connectivity index is 2.07. The number of nitrogens with zero attached hydrogens (tertiary/aromatic N) is 4. The summed E-state index contributed by atoms with van der Waals surface area (Å²) in [5.41, 5.74) is 2.15. The van der Waals surface area contributed by atoms with Gasteiger partial charge in [0, 0.05) is 12.1 Å². The Bertz CT molecular complexity index is 805. The Morgan fingerprint density at radius 2 is 1.86 bits per heavy atom. The van der Waals surface area contributed by atoms with Gasteiger partial charge in [0.1, 0.15) is 5.69 Å². The molecular weight excluding hydrogens is 325 g/mol. The predicted molar refractivity (Wildman–Crippen MR) is 86.2 cm³/mol. The highest BCUT2D eigenvalue weighted by molar-refractivity contribution is 6.42. The largest absolute Gasteiger partial charge is 0.368 e. The molecule has 0 atom stereocenters. The van der Waals surface area contributed by atoms with Crippen LogP contribution in [0.4, 0.5) is 5.82 Å². The van der Waals surface area contributed by atoms with Gasteiger partial charge in [0.15, 0.2) is 5.82 Å². The van der Waals surface area contributed by atoms with Gasteiger partial charge in [0.2, 0.25) is 11.3 Å². The lowest BCUT2D eigenvalue weighted by Crippen LogP contribution is -2.06. The van der Waals surface area contributed by atoms with Gasteiger partial charge < -0.3 is 5.32 Å². The average Bonchev–Trinajstić information content (AvgIpc) is 2.97. The SMILES string of the molecule is CCCCNc1nc2nonc2nc1-c1ccc(Cl)c(Cl)c1. The van der Waals surface area contributed by atoms with Crippen LogP contribution in [0.5, 0.6) is 0 Å². The first kappa shape index (κ1) is 15.0. The van der Waals surface area contributed by atoms with Crippen LogP contribution in [0, 0.1) is 0 Å². The van der Waals surface area contributed by atoms with Gasteiger partial charge >= 0.3 is 0 Å². The van der Waals surface area contributed by atoms with Crippen molar-refractivity contribution >= 4 is 40.3 Å². The molecule has 0 bridgehead atoms. The van der Waals surface area contributed by atoms with E-state index in [4.69, 9.17) is 23.2 Å². The van der Waals surface area contributed by atoms with Gasteiger partial charge in [-0.3, -0.25) is 0 Å². The van der Waals surface area contributed by atoms with Gasteiger partial charge in [-0.2, -0.15) is 0 Å². The molecule has 2 heterocycles. The molecule has 114 valence electrons. The number of rotatable bonds is 5. The fourth-order valence-corrected chi connectivity index (χ4v) is 2.29. The Hall–Kier alpha value is -1.92. The molecule has 0 radical (unpaired) electrons. The first-order valence-electron chi connectivity index (χ1n) is 6.88. The highest BCUT2D eigenvalue weighted by atomic mass is 35.5. The summed E-state index contributed by atoms with van der Waals surface area (Å²) < 4.78 is 4.68. The fourth-order valence-electron chi connectivity index (χ4n) is 1.99. The molecule has 3 aromatic rings. The third-order valence-corrected chi connectivity index (χ3v) is 3.87. The molecule has 6 nitrogen and oxygen atoms in total. The van der Waals surface area contributed by atoms with Crippen molar-refractivity contribution in [2.24, 2.45) is 0 Å². The van der Waals surface area contributed by atoms with Gasteiger partial charge in [0.05, 0.1) is 10.0 Å². The first-order chi connectivity index (χ1) is 10.7. The van der Waals surface area contributed by atoms with Crippen LogP contribution in [-0.4, -0.2) is 26.8 Å². The Labute approximate surface area is 136 Å². The lowest BCUT2D eigenvalue weighted by Gasteiger charge is -2.10. The zero-order valence-corrected chi connectivity index (χ0v) is 13.3. The normalized spacial score (nSPS) is 11.0. The van der Waals surface area contributed by atoms with Crippen molar-refractivity contribution in [1.29, 1.82) is 0 Å². The minimum absolute atomic E-state index is 0.349. The van der Waals surface area contributed by atoms with Crippen LogP contribution >= 0.6 is 23.2 Å². The van der Waals surface area contributed by atoms with Gasteiger partial charge in [-0.05, 0) is 28.9 Å². The number of fused-ring (bicyclic) bond motifs is 1.